The van der Waals surface area contributed by atoms with Crippen LogP contribution in [-0.4, -0.2) is 31.1 Å². The Morgan fingerprint density at radius 1 is 1.09 bits per heavy atom. The highest BCUT2D eigenvalue weighted by Gasteiger charge is 2.21. The van der Waals surface area contributed by atoms with Crippen molar-refractivity contribution < 1.29 is 0 Å². The lowest BCUT2D eigenvalue weighted by Crippen LogP contribution is -2.07. The fourth-order valence-corrected chi connectivity index (χ4v) is 4.30. The molecule has 4 heterocycles. The van der Waals surface area contributed by atoms with Crippen molar-refractivity contribution in [1.82, 2.24) is 25.4 Å². The molecule has 0 saturated heterocycles. The van der Waals surface area contributed by atoms with Crippen LogP contribution in [0.2, 0.25) is 0 Å². The number of aryl methyl sites for hydroxylation is 1. The molecule has 1 aromatic carbocycles. The van der Waals surface area contributed by atoms with E-state index in [0.29, 0.717) is 0 Å². The van der Waals surface area contributed by atoms with E-state index in [0.717, 1.165) is 40.2 Å². The third kappa shape index (κ3) is 1.64. The van der Waals surface area contributed by atoms with Gasteiger partial charge in [-0.1, -0.05) is 0 Å². The zero-order chi connectivity index (χ0) is 14.5. The smallest absolute Gasteiger partial charge is 0.0784 e. The number of pyridine rings is 1. The Labute approximate surface area is 130 Å². The summed E-state index contributed by atoms with van der Waals surface area (Å²) in [5.74, 6) is 2.16. The Hall–Kier alpha value is -2.34. The molecule has 0 atom stereocenters. The van der Waals surface area contributed by atoms with Gasteiger partial charge >= 0.3 is 0 Å². The van der Waals surface area contributed by atoms with E-state index in [9.17, 15) is 0 Å². The minimum Gasteiger partial charge on any atom is -0.285 e. The molecule has 0 spiro atoms. The van der Waals surface area contributed by atoms with E-state index >= 15 is 0 Å². The summed E-state index contributed by atoms with van der Waals surface area (Å²) in [7, 11) is 0. The number of thioether (sulfide) groups is 1. The molecule has 5 rings (SSSR count). The molecule has 22 heavy (non-hydrogen) atoms. The van der Waals surface area contributed by atoms with Crippen LogP contribution in [0.15, 0.2) is 30.7 Å². The van der Waals surface area contributed by atoms with Gasteiger partial charge in [-0.3, -0.25) is 10.2 Å². The van der Waals surface area contributed by atoms with Crippen LogP contribution in [-0.2, 0) is 12.2 Å². The van der Waals surface area contributed by atoms with Crippen molar-refractivity contribution in [3.63, 3.8) is 0 Å². The second kappa shape index (κ2) is 4.58. The number of H-pyrrole nitrogens is 2. The zero-order valence-electron chi connectivity index (χ0n) is 11.8. The molecule has 0 unspecified atom stereocenters. The first-order valence-corrected chi connectivity index (χ1v) is 8.42. The van der Waals surface area contributed by atoms with Crippen LogP contribution < -0.4 is 0 Å². The van der Waals surface area contributed by atoms with Gasteiger partial charge in [-0.15, -0.1) is 0 Å². The summed E-state index contributed by atoms with van der Waals surface area (Å²) in [5.41, 5.74) is 7.01. The minimum atomic E-state index is 1.01. The molecule has 0 saturated carbocycles. The van der Waals surface area contributed by atoms with E-state index in [4.69, 9.17) is 4.98 Å². The van der Waals surface area contributed by atoms with Gasteiger partial charge in [0.15, 0.2) is 0 Å². The number of benzene rings is 1. The molecule has 5 nitrogen and oxygen atoms in total. The summed E-state index contributed by atoms with van der Waals surface area (Å²) in [6.45, 7) is 0. The van der Waals surface area contributed by atoms with Crippen LogP contribution >= 0.6 is 11.8 Å². The quantitative estimate of drug-likeness (QED) is 0.566. The summed E-state index contributed by atoms with van der Waals surface area (Å²) in [6, 6.07) is 4.14. The summed E-state index contributed by atoms with van der Waals surface area (Å²) >= 11 is 1.97. The Morgan fingerprint density at radius 3 is 3.00 bits per heavy atom. The monoisotopic (exact) mass is 307 g/mol. The van der Waals surface area contributed by atoms with Gasteiger partial charge in [-0.2, -0.15) is 22.0 Å². The SMILES string of the molecule is c1n[nH]cc1-c1nc2ccc3[nH]ncc3c2c2c1CSCC2. The van der Waals surface area contributed by atoms with E-state index in [1.165, 1.54) is 21.9 Å². The van der Waals surface area contributed by atoms with Crippen LogP contribution in [0.3, 0.4) is 0 Å². The third-order valence-corrected chi connectivity index (χ3v) is 5.29. The molecular weight excluding hydrogens is 294 g/mol. The highest BCUT2D eigenvalue weighted by molar-refractivity contribution is 7.98. The van der Waals surface area contributed by atoms with Gasteiger partial charge in [0.1, 0.15) is 0 Å². The second-order valence-electron chi connectivity index (χ2n) is 5.50. The molecule has 3 aromatic heterocycles. The summed E-state index contributed by atoms with van der Waals surface area (Å²) in [5, 5.41) is 16.7. The topological polar surface area (TPSA) is 70.2 Å². The maximum Gasteiger partial charge on any atom is 0.0784 e. The molecule has 0 aliphatic carbocycles. The fourth-order valence-electron chi connectivity index (χ4n) is 3.30. The molecule has 0 amide bonds. The Bertz CT molecular complexity index is 987. The first-order valence-electron chi connectivity index (χ1n) is 7.26. The van der Waals surface area contributed by atoms with Crippen molar-refractivity contribution in [3.8, 4) is 11.3 Å². The van der Waals surface area contributed by atoms with E-state index < -0.39 is 0 Å². The van der Waals surface area contributed by atoms with E-state index in [1.807, 2.05) is 30.4 Å². The largest absolute Gasteiger partial charge is 0.285 e. The van der Waals surface area contributed by atoms with Gasteiger partial charge in [0.25, 0.3) is 0 Å². The molecular formula is C16H13N5S. The molecule has 0 bridgehead atoms. The van der Waals surface area contributed by atoms with Crippen molar-refractivity contribution >= 4 is 33.6 Å². The standard InChI is InChI=1S/C16H13N5S/c1-2-14-15(11-7-19-21-13(1)11)10-3-4-22-8-12(10)16(20-14)9-5-17-18-6-9/h1-2,5-7H,3-4,8H2,(H,17,18)(H,19,21). The van der Waals surface area contributed by atoms with Gasteiger partial charge < -0.3 is 0 Å². The van der Waals surface area contributed by atoms with E-state index in [1.54, 1.807) is 0 Å². The molecule has 4 aromatic rings. The second-order valence-corrected chi connectivity index (χ2v) is 6.60. The normalized spacial score (nSPS) is 14.5. The molecule has 6 heteroatoms. The number of hydrogen-bond acceptors (Lipinski definition) is 4. The third-order valence-electron chi connectivity index (χ3n) is 4.30. The first-order chi connectivity index (χ1) is 10.9. The van der Waals surface area contributed by atoms with Gasteiger partial charge in [-0.05, 0) is 35.4 Å². The number of aromatic amines is 2. The Morgan fingerprint density at radius 2 is 2.09 bits per heavy atom. The van der Waals surface area contributed by atoms with Gasteiger partial charge in [0, 0.05) is 28.3 Å². The maximum absolute atomic E-state index is 4.95. The molecule has 108 valence electrons. The van der Waals surface area contributed by atoms with E-state index in [2.05, 4.69) is 32.5 Å². The number of aromatic nitrogens is 5. The number of nitrogens with one attached hydrogen (secondary N) is 2. The van der Waals surface area contributed by atoms with Crippen LogP contribution in [0.4, 0.5) is 0 Å². The zero-order valence-corrected chi connectivity index (χ0v) is 12.6. The van der Waals surface area contributed by atoms with Crippen LogP contribution in [0.1, 0.15) is 11.1 Å². The minimum absolute atomic E-state index is 1.01. The lowest BCUT2D eigenvalue weighted by Gasteiger charge is -2.20. The lowest BCUT2D eigenvalue weighted by atomic mass is 9.95. The van der Waals surface area contributed by atoms with Crippen molar-refractivity contribution in [2.24, 2.45) is 0 Å². The molecule has 1 aliphatic rings. The first kappa shape index (κ1) is 12.2. The fraction of sp³-hybridized carbons (Fsp3) is 0.188. The van der Waals surface area contributed by atoms with Crippen molar-refractivity contribution in [2.75, 3.05) is 5.75 Å². The van der Waals surface area contributed by atoms with Gasteiger partial charge in [-0.25, -0.2) is 4.98 Å². The predicted molar refractivity (Wildman–Crippen MR) is 88.8 cm³/mol. The van der Waals surface area contributed by atoms with Crippen LogP contribution in [0.25, 0.3) is 33.1 Å². The lowest BCUT2D eigenvalue weighted by molar-refractivity contribution is 1.09. The summed E-state index contributed by atoms with van der Waals surface area (Å²) in [4.78, 5) is 4.95. The van der Waals surface area contributed by atoms with Crippen LogP contribution in [0, 0.1) is 0 Å². The van der Waals surface area contributed by atoms with E-state index in [-0.39, 0.29) is 0 Å². The molecule has 1 aliphatic heterocycles. The average molecular weight is 307 g/mol. The number of fused-ring (bicyclic) bond motifs is 5. The Balaban J connectivity index is 1.95. The molecule has 0 radical (unpaired) electrons. The van der Waals surface area contributed by atoms with Gasteiger partial charge in [0.05, 0.1) is 29.1 Å². The summed E-state index contributed by atoms with van der Waals surface area (Å²) in [6.07, 6.45) is 6.77. The predicted octanol–water partition coefficient (Wildman–Crippen LogP) is 3.29. The number of nitrogens with zero attached hydrogens (tertiary/aromatic N) is 3. The van der Waals surface area contributed by atoms with Crippen molar-refractivity contribution in [1.29, 1.82) is 0 Å². The number of rotatable bonds is 1. The number of hydrogen-bond donors (Lipinski definition) is 2. The summed E-state index contributed by atoms with van der Waals surface area (Å²) < 4.78 is 0. The average Bonchev–Trinajstić information content (AvgIpc) is 3.25. The highest BCUT2D eigenvalue weighted by Crippen LogP contribution is 2.38. The maximum atomic E-state index is 4.95. The Kier molecular flexibility index (Phi) is 2.54. The van der Waals surface area contributed by atoms with Crippen LogP contribution in [0.5, 0.6) is 0 Å². The van der Waals surface area contributed by atoms with Crippen molar-refractivity contribution in [3.05, 3.63) is 41.9 Å². The molecule has 0 fully saturated rings. The van der Waals surface area contributed by atoms with Gasteiger partial charge in [0.2, 0.25) is 0 Å². The highest BCUT2D eigenvalue weighted by atomic mass is 32.2. The van der Waals surface area contributed by atoms with Crippen molar-refractivity contribution in [2.45, 2.75) is 12.2 Å². The molecule has 2 N–H and O–H groups in total.